The number of halogens is 1. The second-order valence-electron chi connectivity index (χ2n) is 27.9. The average Bonchev–Trinajstić information content (AvgIpc) is 1.59. The molecule has 21 aromatic rings. The van der Waals surface area contributed by atoms with Gasteiger partial charge in [0.15, 0.2) is 11.6 Å². The maximum atomic E-state index is 6.58. The smallest absolute Gasteiger partial charge is 0.399 e. The number of rotatable bonds is 7. The molecule has 8 nitrogen and oxygen atoms in total. The van der Waals surface area contributed by atoms with E-state index in [2.05, 4.69) is 338 Å². The highest BCUT2D eigenvalue weighted by atomic mass is 79.9. The summed E-state index contributed by atoms with van der Waals surface area (Å²) in [4.78, 5) is 20.7. The van der Waals surface area contributed by atoms with Crippen LogP contribution in [0.15, 0.2) is 308 Å². The molecule has 22 rings (SSSR count). The van der Waals surface area contributed by atoms with Gasteiger partial charge in [0.05, 0.1) is 65.1 Å². The Morgan fingerprint density at radius 3 is 1.15 bits per heavy atom. The van der Waals surface area contributed by atoms with Crippen LogP contribution >= 0.6 is 61.3 Å². The maximum absolute atomic E-state index is 6.58. The van der Waals surface area contributed by atoms with Gasteiger partial charge in [0, 0.05) is 127 Å². The van der Waals surface area contributed by atoms with Crippen molar-refractivity contribution in [3.8, 4) is 56.7 Å². The van der Waals surface area contributed by atoms with Crippen molar-refractivity contribution >= 4 is 198 Å². The van der Waals surface area contributed by atoms with E-state index in [4.69, 9.17) is 29.2 Å². The molecule has 8 aromatic heterocycles. The third-order valence-corrected chi connectivity index (χ3v) is 26.3. The number of hydrogen-bond acceptors (Lipinski definition) is 10. The number of aromatic nitrogens is 6. The summed E-state index contributed by atoms with van der Waals surface area (Å²) in [5.41, 5.74) is 15.6. The lowest BCUT2D eigenvalue weighted by Gasteiger charge is -2.32. The molecule has 0 saturated carbocycles. The SMILES string of the molecule is Brc1cccc(-c2nc(-c3ccccc3)c3sc4ccccc4c3n2)c1.CC1(C)OB(c2cc(-n3c4ccccc4c4ccccc43)cc3c2sc2ccccc23)OC1(C)C.[2HH].c1ccc(-c2nc(-c3cc(-n4c5ccccc5c5ccccc54)cc4c3sc3ccccc34)nc3c2sc2ccccc23)cc1. The summed E-state index contributed by atoms with van der Waals surface area (Å²) in [5.74, 6) is 1.50. The quantitative estimate of drug-likeness (QED) is 0.148. The first-order valence-electron chi connectivity index (χ1n) is 35.4. The van der Waals surface area contributed by atoms with E-state index in [-0.39, 0.29) is 1.43 Å². The van der Waals surface area contributed by atoms with Crippen LogP contribution in [-0.2, 0) is 9.31 Å². The van der Waals surface area contributed by atoms with Gasteiger partial charge in [0.1, 0.15) is 0 Å². The zero-order chi connectivity index (χ0) is 70.9. The molecule has 0 unspecified atom stereocenters. The molecule has 0 radical (unpaired) electrons. The standard InChI is InChI=1S/C40H23N3S2.C30H26BNO2S.C22H13BrN2S.H2/c1-2-12-24(13-3-1)36-39-37(29-17-7-11-21-35(29)45-39)42-40(41-36)31-23-25(22-30-28-16-6-10-20-34(28)44-38(30)31)43-32-18-8-4-14-26(32)27-15-5-9-19-33(27)43;1-29(2)30(3,4)34-31(33-29)24-18-19(17-23-22-13-7-10-16-27(22)35-28(23)24)32-25-14-8-5-11-20(25)21-12-6-9-15-26(21)32;23-16-10-6-9-15(13-16)22-24-19(14-7-2-1-3-8-14)21-20(25-22)17-11-4-5-12-18(17)26-21;/h1-23H;5-18H,1-4H3;1-13H;1H/i;;;1+1. The summed E-state index contributed by atoms with van der Waals surface area (Å²) in [6.07, 6.45) is 0. The Balaban J connectivity index is 0.000000113. The Kier molecular flexibility index (Phi) is 15.6. The van der Waals surface area contributed by atoms with Gasteiger partial charge in [0.25, 0.3) is 0 Å². The monoisotopic (exact) mass is 1500 g/mol. The highest BCUT2D eigenvalue weighted by Gasteiger charge is 2.52. The Labute approximate surface area is 636 Å². The van der Waals surface area contributed by atoms with Crippen LogP contribution in [0, 0.1) is 0 Å². The van der Waals surface area contributed by atoms with E-state index in [9.17, 15) is 0 Å². The number of hydrogen-bond donors (Lipinski definition) is 0. The van der Waals surface area contributed by atoms with E-state index in [0.29, 0.717) is 0 Å². The molecule has 0 aliphatic carbocycles. The number of nitrogens with zero attached hydrogens (tertiary/aromatic N) is 6. The van der Waals surface area contributed by atoms with Crippen LogP contribution in [0.4, 0.5) is 0 Å². The van der Waals surface area contributed by atoms with Crippen LogP contribution < -0.4 is 5.46 Å². The van der Waals surface area contributed by atoms with Crippen LogP contribution in [0.1, 0.15) is 29.1 Å². The van der Waals surface area contributed by atoms with Gasteiger partial charge >= 0.3 is 7.12 Å². The predicted octanol–water partition coefficient (Wildman–Crippen LogP) is 26.3. The molecule has 106 heavy (non-hydrogen) atoms. The highest BCUT2D eigenvalue weighted by molar-refractivity contribution is 9.10. The van der Waals surface area contributed by atoms with Crippen molar-refractivity contribution in [1.82, 2.24) is 29.1 Å². The molecule has 0 spiro atoms. The summed E-state index contributed by atoms with van der Waals surface area (Å²) in [6, 6.07) is 107. The van der Waals surface area contributed by atoms with Crippen LogP contribution in [0.5, 0.6) is 0 Å². The van der Waals surface area contributed by atoms with Gasteiger partial charge in [-0.05, 0) is 113 Å². The molecule has 1 saturated heterocycles. The Bertz CT molecular complexity index is 6980. The van der Waals surface area contributed by atoms with E-state index in [1.54, 1.807) is 22.7 Å². The predicted molar refractivity (Wildman–Crippen MR) is 458 cm³/mol. The summed E-state index contributed by atoms with van der Waals surface area (Å²) in [5, 5.41) is 12.4. The lowest BCUT2D eigenvalue weighted by Crippen LogP contribution is -2.41. The zero-order valence-corrected chi connectivity index (χ0v) is 62.8. The van der Waals surface area contributed by atoms with Crippen molar-refractivity contribution in [1.29, 1.82) is 0 Å². The van der Waals surface area contributed by atoms with Crippen molar-refractivity contribution in [3.05, 3.63) is 308 Å². The minimum Gasteiger partial charge on any atom is -0.399 e. The third-order valence-electron chi connectivity index (χ3n) is 21.0. The number of thiophene rings is 4. The first-order chi connectivity index (χ1) is 51.9. The first-order valence-corrected chi connectivity index (χ1v) is 39.5. The lowest BCUT2D eigenvalue weighted by atomic mass is 9.78. The van der Waals surface area contributed by atoms with Gasteiger partial charge in [-0.3, -0.25) is 0 Å². The molecule has 0 N–H and O–H groups in total. The van der Waals surface area contributed by atoms with E-state index in [1.165, 1.54) is 104 Å². The van der Waals surface area contributed by atoms with E-state index in [0.717, 1.165) is 87.0 Å². The van der Waals surface area contributed by atoms with Gasteiger partial charge in [-0.15, -0.1) is 45.3 Å². The molecule has 14 heteroatoms. The van der Waals surface area contributed by atoms with Gasteiger partial charge in [0.2, 0.25) is 0 Å². The van der Waals surface area contributed by atoms with Crippen LogP contribution in [0.3, 0.4) is 0 Å². The molecule has 0 bridgehead atoms. The summed E-state index contributed by atoms with van der Waals surface area (Å²) in [7, 11) is -0.427. The molecule has 9 heterocycles. The molecule has 0 amide bonds. The van der Waals surface area contributed by atoms with Crippen molar-refractivity contribution in [3.63, 3.8) is 0 Å². The highest BCUT2D eigenvalue weighted by Crippen LogP contribution is 2.48. The normalized spacial score (nSPS) is 13.6. The largest absolute Gasteiger partial charge is 0.496 e. The van der Waals surface area contributed by atoms with Crippen molar-refractivity contribution in [2.24, 2.45) is 0 Å². The number of para-hydroxylation sites is 4. The average molecular weight is 1510 g/mol. The molecule has 508 valence electrons. The number of benzene rings is 13. The fourth-order valence-corrected chi connectivity index (χ4v) is 20.4. The Morgan fingerprint density at radius 1 is 0.321 bits per heavy atom. The second kappa shape index (κ2) is 25.6. The maximum Gasteiger partial charge on any atom is 0.496 e. The van der Waals surface area contributed by atoms with Crippen LogP contribution in [-0.4, -0.2) is 47.4 Å². The lowest BCUT2D eigenvalue weighted by molar-refractivity contribution is 0.00578. The fraction of sp³-hybridized carbons (Fsp3) is 0.0652. The molecular formula is C92H64BBrN6O2S4. The molecule has 0 atom stereocenters. The second-order valence-corrected chi connectivity index (χ2v) is 33.0. The van der Waals surface area contributed by atoms with Crippen molar-refractivity contribution in [2.45, 2.75) is 38.9 Å². The topological polar surface area (TPSA) is 79.9 Å². The minimum absolute atomic E-state index is 0. The van der Waals surface area contributed by atoms with Crippen molar-refractivity contribution in [2.75, 3.05) is 0 Å². The molecule has 1 aliphatic heterocycles. The molecule has 1 aliphatic rings. The van der Waals surface area contributed by atoms with E-state index in [1.807, 2.05) is 40.9 Å². The molecule has 1 fully saturated rings. The summed E-state index contributed by atoms with van der Waals surface area (Å²) >= 11 is 10.7. The molecular weight excluding hydrogens is 1440 g/mol. The minimum atomic E-state index is -0.427. The zero-order valence-electron chi connectivity index (χ0n) is 58.0. The van der Waals surface area contributed by atoms with Crippen LogP contribution in [0.2, 0.25) is 0 Å². The van der Waals surface area contributed by atoms with E-state index < -0.39 is 18.3 Å². The van der Waals surface area contributed by atoms with Gasteiger partial charge in [-0.1, -0.05) is 234 Å². The van der Waals surface area contributed by atoms with Crippen LogP contribution in [0.25, 0.3) is 181 Å². The van der Waals surface area contributed by atoms with Gasteiger partial charge < -0.3 is 18.4 Å². The number of fused-ring (bicyclic) bond motifs is 18. The van der Waals surface area contributed by atoms with Crippen molar-refractivity contribution < 1.29 is 10.7 Å². The summed E-state index contributed by atoms with van der Waals surface area (Å²) in [6.45, 7) is 8.47. The van der Waals surface area contributed by atoms with Gasteiger partial charge in [-0.25, -0.2) is 19.9 Å². The third kappa shape index (κ3) is 10.8. The Morgan fingerprint density at radius 2 is 0.679 bits per heavy atom. The fourth-order valence-electron chi connectivity index (χ4n) is 15.3. The first kappa shape index (κ1) is 64.6. The van der Waals surface area contributed by atoms with Gasteiger partial charge in [-0.2, -0.15) is 0 Å². The molecule has 13 aromatic carbocycles. The van der Waals surface area contributed by atoms with E-state index >= 15 is 0 Å². The summed E-state index contributed by atoms with van der Waals surface area (Å²) < 4.78 is 28.7. The Hall–Kier alpha value is -11.0.